The molecule has 2 atom stereocenters. The van der Waals surface area contributed by atoms with Gasteiger partial charge in [0, 0.05) is 11.5 Å². The minimum Gasteiger partial charge on any atom is -0.462 e. The molecule has 0 saturated heterocycles. The Morgan fingerprint density at radius 1 is 1.00 bits per heavy atom. The standard InChI is InChI=1S/C14H11F9O2/c15-11(16,12(17,18)13(19,20)14(21,22)23)3-4-25-10(24)9-6-7-1-2-8(9)5-7/h1-2,6-8H,3-5H2. The van der Waals surface area contributed by atoms with Crippen molar-refractivity contribution in [1.82, 2.24) is 0 Å². The van der Waals surface area contributed by atoms with E-state index >= 15 is 0 Å². The number of hydrogen-bond donors (Lipinski definition) is 0. The fraction of sp³-hybridized carbons (Fsp3) is 0.643. The predicted octanol–water partition coefficient (Wildman–Crippen LogP) is 4.52. The summed E-state index contributed by atoms with van der Waals surface area (Å²) < 4.78 is 118. The summed E-state index contributed by atoms with van der Waals surface area (Å²) in [6, 6.07) is 0. The second-order valence-corrected chi connectivity index (χ2v) is 5.75. The largest absolute Gasteiger partial charge is 0.462 e. The van der Waals surface area contributed by atoms with E-state index in [-0.39, 0.29) is 17.4 Å². The lowest BCUT2D eigenvalue weighted by Crippen LogP contribution is -2.61. The van der Waals surface area contributed by atoms with Gasteiger partial charge in [-0.05, 0) is 12.3 Å². The van der Waals surface area contributed by atoms with Crippen molar-refractivity contribution in [3.05, 3.63) is 23.8 Å². The molecule has 0 spiro atoms. The minimum absolute atomic E-state index is 0.0381. The molecule has 0 aromatic rings. The molecule has 2 unspecified atom stereocenters. The second kappa shape index (κ2) is 5.94. The van der Waals surface area contributed by atoms with Crippen LogP contribution in [0.25, 0.3) is 0 Å². The predicted molar refractivity (Wildman–Crippen MR) is 65.3 cm³/mol. The maximum Gasteiger partial charge on any atom is 0.460 e. The van der Waals surface area contributed by atoms with Gasteiger partial charge in [0.05, 0.1) is 13.0 Å². The molecule has 0 amide bonds. The van der Waals surface area contributed by atoms with E-state index in [2.05, 4.69) is 4.74 Å². The maximum atomic E-state index is 13.3. The molecule has 11 heteroatoms. The molecule has 0 saturated carbocycles. The van der Waals surface area contributed by atoms with Gasteiger partial charge in [-0.2, -0.15) is 39.5 Å². The zero-order valence-electron chi connectivity index (χ0n) is 12.2. The highest BCUT2D eigenvalue weighted by Crippen LogP contribution is 2.54. The van der Waals surface area contributed by atoms with Gasteiger partial charge >= 0.3 is 29.9 Å². The summed E-state index contributed by atoms with van der Waals surface area (Å²) in [5, 5.41) is 0. The second-order valence-electron chi connectivity index (χ2n) is 5.75. The molecular formula is C14H11F9O2. The topological polar surface area (TPSA) is 26.3 Å². The summed E-state index contributed by atoms with van der Waals surface area (Å²) in [6.07, 6.45) is -3.55. The van der Waals surface area contributed by atoms with Crippen molar-refractivity contribution in [3.63, 3.8) is 0 Å². The van der Waals surface area contributed by atoms with Gasteiger partial charge in [-0.1, -0.05) is 18.2 Å². The number of ether oxygens (including phenoxy) is 1. The van der Waals surface area contributed by atoms with Crippen LogP contribution in [-0.2, 0) is 9.53 Å². The van der Waals surface area contributed by atoms with Crippen molar-refractivity contribution in [2.45, 2.75) is 36.8 Å². The zero-order valence-corrected chi connectivity index (χ0v) is 12.2. The first-order valence-corrected chi connectivity index (χ1v) is 6.98. The maximum absolute atomic E-state index is 13.3. The lowest BCUT2D eigenvalue weighted by atomic mass is 10.0. The normalized spacial score (nSPS) is 23.8. The van der Waals surface area contributed by atoms with Crippen LogP contribution in [0, 0.1) is 11.8 Å². The van der Waals surface area contributed by atoms with Crippen LogP contribution >= 0.6 is 0 Å². The van der Waals surface area contributed by atoms with Crippen molar-refractivity contribution in [1.29, 1.82) is 0 Å². The highest BCUT2D eigenvalue weighted by molar-refractivity contribution is 5.90. The van der Waals surface area contributed by atoms with Gasteiger partial charge in [0.25, 0.3) is 0 Å². The smallest absolute Gasteiger partial charge is 0.460 e. The van der Waals surface area contributed by atoms with E-state index in [4.69, 9.17) is 0 Å². The van der Waals surface area contributed by atoms with Gasteiger partial charge in [-0.15, -0.1) is 0 Å². The Kier molecular flexibility index (Phi) is 4.67. The minimum atomic E-state index is -6.94. The van der Waals surface area contributed by atoms with Crippen LogP contribution in [0.5, 0.6) is 0 Å². The van der Waals surface area contributed by atoms with Crippen LogP contribution in [0.3, 0.4) is 0 Å². The molecule has 0 fully saturated rings. The molecule has 142 valence electrons. The first-order chi connectivity index (χ1) is 11.2. The van der Waals surface area contributed by atoms with Crippen molar-refractivity contribution in [3.8, 4) is 0 Å². The van der Waals surface area contributed by atoms with Gasteiger partial charge in [0.2, 0.25) is 0 Å². The summed E-state index contributed by atoms with van der Waals surface area (Å²) in [4.78, 5) is 11.6. The van der Waals surface area contributed by atoms with Crippen LogP contribution < -0.4 is 0 Å². The number of alkyl halides is 9. The number of carbonyl (C=O) groups excluding carboxylic acids is 1. The Balaban J connectivity index is 1.97. The summed E-state index contributed by atoms with van der Waals surface area (Å²) in [7, 11) is 0. The molecule has 0 aromatic carbocycles. The Morgan fingerprint density at radius 2 is 1.60 bits per heavy atom. The lowest BCUT2D eigenvalue weighted by Gasteiger charge is -2.33. The molecule has 2 nitrogen and oxygen atoms in total. The van der Waals surface area contributed by atoms with Crippen LogP contribution in [0.4, 0.5) is 39.5 Å². The molecule has 2 aliphatic rings. The molecule has 0 N–H and O–H groups in total. The van der Waals surface area contributed by atoms with E-state index in [1.165, 1.54) is 6.08 Å². The van der Waals surface area contributed by atoms with Crippen LogP contribution in [0.2, 0.25) is 0 Å². The first-order valence-electron chi connectivity index (χ1n) is 6.98. The fourth-order valence-electron chi connectivity index (χ4n) is 2.58. The third kappa shape index (κ3) is 3.24. The van der Waals surface area contributed by atoms with Crippen LogP contribution in [0.15, 0.2) is 23.8 Å². The van der Waals surface area contributed by atoms with Crippen LogP contribution in [0.1, 0.15) is 12.8 Å². The Labute approximate surface area is 135 Å². The number of fused-ring (bicyclic) bond motifs is 2. The van der Waals surface area contributed by atoms with E-state index in [0.717, 1.165) is 0 Å². The van der Waals surface area contributed by atoms with Crippen molar-refractivity contribution >= 4 is 5.97 Å². The van der Waals surface area contributed by atoms with Crippen molar-refractivity contribution in [2.75, 3.05) is 6.61 Å². The molecule has 2 bridgehead atoms. The van der Waals surface area contributed by atoms with Gasteiger partial charge < -0.3 is 4.74 Å². The summed E-state index contributed by atoms with van der Waals surface area (Å²) >= 11 is 0. The molecule has 0 radical (unpaired) electrons. The van der Waals surface area contributed by atoms with Gasteiger partial charge in [0.1, 0.15) is 0 Å². The van der Waals surface area contributed by atoms with Crippen molar-refractivity contribution < 1.29 is 49.0 Å². The first kappa shape index (κ1) is 19.6. The summed E-state index contributed by atoms with van der Waals surface area (Å²) in [5.41, 5.74) is 0.114. The lowest BCUT2D eigenvalue weighted by molar-refractivity contribution is -0.397. The third-order valence-corrected chi connectivity index (χ3v) is 4.00. The van der Waals surface area contributed by atoms with Gasteiger partial charge in [-0.25, -0.2) is 4.79 Å². The fourth-order valence-corrected chi connectivity index (χ4v) is 2.58. The number of allylic oxidation sites excluding steroid dienone is 3. The van der Waals surface area contributed by atoms with E-state index in [1.54, 1.807) is 12.2 Å². The average molecular weight is 382 g/mol. The van der Waals surface area contributed by atoms with Crippen molar-refractivity contribution in [2.24, 2.45) is 11.8 Å². The highest BCUT2D eigenvalue weighted by Gasteiger charge is 2.81. The van der Waals surface area contributed by atoms with E-state index < -0.39 is 42.9 Å². The van der Waals surface area contributed by atoms with E-state index in [1.807, 2.05) is 0 Å². The number of carbonyl (C=O) groups is 1. The van der Waals surface area contributed by atoms with E-state index in [9.17, 15) is 44.3 Å². The molecule has 0 aliphatic heterocycles. The van der Waals surface area contributed by atoms with Gasteiger partial charge in [0.15, 0.2) is 0 Å². The number of esters is 1. The summed E-state index contributed by atoms with van der Waals surface area (Å²) in [6.45, 7) is -1.44. The Bertz CT molecular complexity index is 604. The number of hydrogen-bond acceptors (Lipinski definition) is 2. The SMILES string of the molecule is O=C(OCCC(F)(F)C(F)(F)C(F)(F)C(F)(F)F)C1=CC2C=CC1C2. The molecule has 2 rings (SSSR count). The highest BCUT2D eigenvalue weighted by atomic mass is 19.4. The molecule has 25 heavy (non-hydrogen) atoms. The zero-order chi connectivity index (χ0) is 19.3. The molecular weight excluding hydrogens is 371 g/mol. The monoisotopic (exact) mass is 382 g/mol. The average Bonchev–Trinajstić information content (AvgIpc) is 3.07. The van der Waals surface area contributed by atoms with E-state index in [0.29, 0.717) is 6.42 Å². The summed E-state index contributed by atoms with van der Waals surface area (Å²) in [5.74, 6) is -20.8. The Morgan fingerprint density at radius 3 is 2.04 bits per heavy atom. The molecule has 0 aromatic heterocycles. The number of halogens is 9. The third-order valence-electron chi connectivity index (χ3n) is 4.00. The molecule has 0 heterocycles. The molecule has 2 aliphatic carbocycles. The van der Waals surface area contributed by atoms with Gasteiger partial charge in [-0.3, -0.25) is 0 Å². The number of rotatable bonds is 6. The Hall–Kier alpha value is -1.68. The quantitative estimate of drug-likeness (QED) is 0.384. The van der Waals surface area contributed by atoms with Crippen LogP contribution in [-0.4, -0.2) is 36.5 Å².